The molecular weight excluding hydrogens is 442 g/mol. The second-order valence-electron chi connectivity index (χ2n) is 7.59. The Labute approximate surface area is 195 Å². The average Bonchev–Trinajstić information content (AvgIpc) is 3.45. The summed E-state index contributed by atoms with van der Waals surface area (Å²) < 4.78 is 7.42. The quantitative estimate of drug-likeness (QED) is 0.616. The molecule has 0 bridgehead atoms. The number of halogens is 1. The Hall–Kier alpha value is -4.04. The third kappa shape index (κ3) is 4.47. The number of benzene rings is 2. The molecule has 3 aromatic rings. The average molecular weight is 462 g/mol. The minimum atomic E-state index is -0.428. The minimum Gasteiger partial charge on any atom is -0.431 e. The summed E-state index contributed by atoms with van der Waals surface area (Å²) >= 11 is 6.05. The number of ether oxygens (including phenoxy) is 1. The summed E-state index contributed by atoms with van der Waals surface area (Å²) in [7, 11) is 0. The Bertz CT molecular complexity index is 1250. The number of amides is 3. The van der Waals surface area contributed by atoms with Gasteiger partial charge < -0.3 is 19.5 Å². The number of amidine groups is 1. The number of hydrogen-bond donors (Lipinski definition) is 1. The van der Waals surface area contributed by atoms with Crippen molar-refractivity contribution in [2.24, 2.45) is 4.99 Å². The molecule has 3 amide bonds. The third-order valence-electron chi connectivity index (χ3n) is 5.38. The molecule has 8 nitrogen and oxygen atoms in total. The minimum absolute atomic E-state index is 0.0988. The van der Waals surface area contributed by atoms with Crippen molar-refractivity contribution in [1.82, 2.24) is 14.4 Å². The Kier molecular flexibility index (Phi) is 5.58. The van der Waals surface area contributed by atoms with Crippen LogP contribution >= 0.6 is 11.6 Å². The van der Waals surface area contributed by atoms with E-state index >= 15 is 0 Å². The van der Waals surface area contributed by atoms with Crippen LogP contribution in [-0.2, 0) is 16.1 Å². The number of rotatable bonds is 5. The molecule has 1 N–H and O–H groups in total. The molecule has 2 aliphatic rings. The van der Waals surface area contributed by atoms with E-state index in [1.165, 1.54) is 6.26 Å². The van der Waals surface area contributed by atoms with E-state index in [0.29, 0.717) is 36.0 Å². The molecule has 0 saturated carbocycles. The fourth-order valence-corrected chi connectivity index (χ4v) is 3.92. The summed E-state index contributed by atoms with van der Waals surface area (Å²) in [5.74, 6) is -0.343. The molecule has 0 saturated heterocycles. The fraction of sp³-hybridized carbons (Fsp3) is 0.125. The number of anilines is 1. The van der Waals surface area contributed by atoms with Crippen LogP contribution in [0.25, 0.3) is 5.69 Å². The van der Waals surface area contributed by atoms with E-state index in [2.05, 4.69) is 10.3 Å². The van der Waals surface area contributed by atoms with Gasteiger partial charge in [0.25, 0.3) is 5.91 Å². The number of nitrogens with one attached hydrogen (secondary N) is 1. The van der Waals surface area contributed by atoms with Gasteiger partial charge in [0.05, 0.1) is 0 Å². The molecule has 2 aromatic carbocycles. The SMILES string of the molecule is O=C(Nc1ccc(-n2cccc2)cc1)C1=COC2=NC(=O)N(Cc3cccc(Cl)c3)CCN12. The van der Waals surface area contributed by atoms with Crippen LogP contribution < -0.4 is 5.32 Å². The van der Waals surface area contributed by atoms with Crippen molar-refractivity contribution in [2.45, 2.75) is 6.54 Å². The van der Waals surface area contributed by atoms with Crippen molar-refractivity contribution in [3.8, 4) is 5.69 Å². The Morgan fingerprint density at radius 1 is 1.06 bits per heavy atom. The monoisotopic (exact) mass is 461 g/mol. The molecule has 0 unspecified atom stereocenters. The van der Waals surface area contributed by atoms with Crippen molar-refractivity contribution in [3.05, 3.63) is 95.6 Å². The smallest absolute Gasteiger partial charge is 0.348 e. The number of hydrogen-bond acceptors (Lipinski definition) is 4. The number of carbonyl (C=O) groups excluding carboxylic acids is 2. The molecule has 5 rings (SSSR count). The molecule has 33 heavy (non-hydrogen) atoms. The zero-order chi connectivity index (χ0) is 22.8. The number of aliphatic imine (C=N–C) groups is 1. The molecule has 2 aliphatic heterocycles. The van der Waals surface area contributed by atoms with Gasteiger partial charge in [-0.3, -0.25) is 9.69 Å². The van der Waals surface area contributed by atoms with Gasteiger partial charge in [-0.2, -0.15) is 0 Å². The third-order valence-corrected chi connectivity index (χ3v) is 5.61. The van der Waals surface area contributed by atoms with Gasteiger partial charge in [0.2, 0.25) is 0 Å². The lowest BCUT2D eigenvalue weighted by Gasteiger charge is -2.21. The lowest BCUT2D eigenvalue weighted by Crippen LogP contribution is -2.36. The summed E-state index contributed by atoms with van der Waals surface area (Å²) in [6, 6.07) is 18.4. The Morgan fingerprint density at radius 2 is 1.85 bits per heavy atom. The van der Waals surface area contributed by atoms with Crippen LogP contribution in [-0.4, -0.2) is 45.4 Å². The van der Waals surface area contributed by atoms with E-state index in [4.69, 9.17) is 16.3 Å². The predicted molar refractivity (Wildman–Crippen MR) is 125 cm³/mol. The second-order valence-corrected chi connectivity index (χ2v) is 8.03. The van der Waals surface area contributed by atoms with Gasteiger partial charge in [0.15, 0.2) is 0 Å². The van der Waals surface area contributed by atoms with E-state index < -0.39 is 6.03 Å². The predicted octanol–water partition coefficient (Wildman–Crippen LogP) is 4.23. The summed E-state index contributed by atoms with van der Waals surface area (Å²) in [5.41, 5.74) is 2.83. The van der Waals surface area contributed by atoms with Crippen molar-refractivity contribution in [1.29, 1.82) is 0 Å². The van der Waals surface area contributed by atoms with Crippen LogP contribution in [0.1, 0.15) is 5.56 Å². The maximum absolute atomic E-state index is 12.9. The maximum atomic E-state index is 12.9. The topological polar surface area (TPSA) is 79.2 Å². The van der Waals surface area contributed by atoms with Gasteiger partial charge in [-0.1, -0.05) is 23.7 Å². The molecule has 166 valence electrons. The van der Waals surface area contributed by atoms with E-state index in [9.17, 15) is 9.59 Å². The lowest BCUT2D eigenvalue weighted by atomic mass is 10.2. The van der Waals surface area contributed by atoms with Crippen molar-refractivity contribution in [3.63, 3.8) is 0 Å². The van der Waals surface area contributed by atoms with Crippen molar-refractivity contribution < 1.29 is 14.3 Å². The largest absolute Gasteiger partial charge is 0.431 e. The van der Waals surface area contributed by atoms with Gasteiger partial charge in [-0.05, 0) is 54.1 Å². The fourth-order valence-electron chi connectivity index (χ4n) is 3.71. The first-order valence-corrected chi connectivity index (χ1v) is 10.8. The molecule has 3 heterocycles. The van der Waals surface area contributed by atoms with Gasteiger partial charge >= 0.3 is 12.1 Å². The highest BCUT2D eigenvalue weighted by molar-refractivity contribution is 6.30. The zero-order valence-corrected chi connectivity index (χ0v) is 18.3. The van der Waals surface area contributed by atoms with Crippen molar-refractivity contribution in [2.75, 3.05) is 18.4 Å². The Balaban J connectivity index is 1.25. The Morgan fingerprint density at radius 3 is 2.61 bits per heavy atom. The van der Waals surface area contributed by atoms with Crippen LogP contribution in [0.15, 0.2) is 90.0 Å². The van der Waals surface area contributed by atoms with Gasteiger partial charge in [-0.15, -0.1) is 4.99 Å². The lowest BCUT2D eigenvalue weighted by molar-refractivity contribution is -0.113. The number of fused-ring (bicyclic) bond motifs is 1. The molecule has 0 radical (unpaired) electrons. The van der Waals surface area contributed by atoms with Crippen molar-refractivity contribution >= 4 is 35.2 Å². The van der Waals surface area contributed by atoms with Crippen LogP contribution in [0.5, 0.6) is 0 Å². The van der Waals surface area contributed by atoms with Crippen LogP contribution in [0.2, 0.25) is 5.02 Å². The maximum Gasteiger partial charge on any atom is 0.348 e. The van der Waals surface area contributed by atoms with Crippen LogP contribution in [0, 0.1) is 0 Å². The molecular formula is C24H20ClN5O3. The van der Waals surface area contributed by atoms with Crippen LogP contribution in [0.3, 0.4) is 0 Å². The van der Waals surface area contributed by atoms with E-state index in [-0.39, 0.29) is 11.9 Å². The van der Waals surface area contributed by atoms with E-state index in [1.54, 1.807) is 15.9 Å². The first-order valence-electron chi connectivity index (χ1n) is 10.4. The normalized spacial score (nSPS) is 15.4. The molecule has 0 atom stereocenters. The van der Waals surface area contributed by atoms with Crippen LogP contribution in [0.4, 0.5) is 10.5 Å². The number of urea groups is 1. The standard InChI is InChI=1S/C24H20ClN5O3/c25-18-5-3-4-17(14-18)15-29-12-13-30-21(16-33-24(30)27-23(29)32)22(31)26-19-6-8-20(9-7-19)28-10-1-2-11-28/h1-11,14,16H,12-13,15H2,(H,26,31). The highest BCUT2D eigenvalue weighted by Crippen LogP contribution is 2.22. The summed E-state index contributed by atoms with van der Waals surface area (Å²) in [5, 5.41) is 3.48. The highest BCUT2D eigenvalue weighted by Gasteiger charge is 2.33. The van der Waals surface area contributed by atoms with Gasteiger partial charge in [0.1, 0.15) is 12.0 Å². The first kappa shape index (κ1) is 20.8. The summed E-state index contributed by atoms with van der Waals surface area (Å²) in [4.78, 5) is 32.8. The van der Waals surface area contributed by atoms with Gasteiger partial charge in [-0.25, -0.2) is 4.79 Å². The second kappa shape index (κ2) is 8.84. The highest BCUT2D eigenvalue weighted by atomic mass is 35.5. The number of carbonyl (C=O) groups is 2. The summed E-state index contributed by atoms with van der Waals surface area (Å²) in [6.45, 7) is 1.11. The van der Waals surface area contributed by atoms with Gasteiger partial charge in [0, 0.05) is 48.4 Å². The zero-order valence-electron chi connectivity index (χ0n) is 17.5. The molecule has 0 fully saturated rings. The number of aromatic nitrogens is 1. The molecule has 0 aliphatic carbocycles. The molecule has 0 spiro atoms. The molecule has 9 heteroatoms. The summed E-state index contributed by atoms with van der Waals surface area (Å²) in [6.07, 6.45) is 5.22. The van der Waals surface area contributed by atoms with E-state index in [1.807, 2.05) is 71.6 Å². The number of nitrogens with zero attached hydrogens (tertiary/aromatic N) is 4. The van der Waals surface area contributed by atoms with E-state index in [0.717, 1.165) is 11.3 Å². The molecule has 1 aromatic heterocycles. The first-order chi connectivity index (χ1) is 16.1.